The molecule has 4 N–H and O–H groups in total. The van der Waals surface area contributed by atoms with E-state index in [1.165, 1.54) is 0 Å². The molecule has 2 aliphatic heterocycles. The van der Waals surface area contributed by atoms with E-state index >= 15 is 0 Å². The van der Waals surface area contributed by atoms with Gasteiger partial charge in [-0.2, -0.15) is 0 Å². The Labute approximate surface area is 113 Å². The Kier molecular flexibility index (Phi) is 5.21. The minimum Gasteiger partial charge on any atom is -0.481 e. The molecular formula is C12H23BN2O4. The molecule has 1 unspecified atom stereocenters. The largest absolute Gasteiger partial charge is 0.481 e. The van der Waals surface area contributed by atoms with E-state index in [1.807, 2.05) is 0 Å². The van der Waals surface area contributed by atoms with Crippen LogP contribution in [0, 0.1) is 11.8 Å². The van der Waals surface area contributed by atoms with Crippen LogP contribution >= 0.6 is 0 Å². The van der Waals surface area contributed by atoms with Crippen molar-refractivity contribution in [2.75, 3.05) is 26.2 Å². The molecule has 0 saturated carbocycles. The number of aliphatic carboxylic acids is 1. The first-order chi connectivity index (χ1) is 9.08. The zero-order chi connectivity index (χ0) is 13.8. The summed E-state index contributed by atoms with van der Waals surface area (Å²) in [4.78, 5) is 13.6. The van der Waals surface area contributed by atoms with E-state index in [1.54, 1.807) is 0 Å². The predicted octanol–water partition coefficient (Wildman–Crippen LogP) is -0.766. The van der Waals surface area contributed by atoms with Gasteiger partial charge in [-0.15, -0.1) is 0 Å². The second kappa shape index (κ2) is 6.70. The van der Waals surface area contributed by atoms with E-state index < -0.39 is 13.1 Å². The Bertz CT molecular complexity index is 310. The van der Waals surface area contributed by atoms with Gasteiger partial charge in [-0.3, -0.25) is 9.69 Å². The van der Waals surface area contributed by atoms with Gasteiger partial charge in [0.15, 0.2) is 0 Å². The van der Waals surface area contributed by atoms with Crippen molar-refractivity contribution in [1.29, 1.82) is 0 Å². The van der Waals surface area contributed by atoms with E-state index in [-0.39, 0.29) is 11.8 Å². The van der Waals surface area contributed by atoms with Crippen LogP contribution in [-0.2, 0) is 4.79 Å². The number of carboxylic acid groups (broad SMARTS) is 1. The summed E-state index contributed by atoms with van der Waals surface area (Å²) in [6.45, 7) is 3.42. The van der Waals surface area contributed by atoms with Crippen molar-refractivity contribution in [2.45, 2.75) is 31.6 Å². The molecule has 0 aliphatic carbocycles. The molecule has 19 heavy (non-hydrogen) atoms. The minimum absolute atomic E-state index is 0.136. The number of hydrogen-bond acceptors (Lipinski definition) is 5. The van der Waals surface area contributed by atoms with Gasteiger partial charge in [0.2, 0.25) is 0 Å². The molecule has 3 atom stereocenters. The van der Waals surface area contributed by atoms with Crippen LogP contribution < -0.4 is 5.32 Å². The average Bonchev–Trinajstić information content (AvgIpc) is 2.96. The molecule has 2 aliphatic rings. The number of nitrogens with one attached hydrogen (secondary N) is 1. The van der Waals surface area contributed by atoms with Crippen molar-refractivity contribution in [1.82, 2.24) is 10.2 Å². The molecule has 2 heterocycles. The smallest absolute Gasteiger partial charge is 0.451 e. The fraction of sp³-hybridized carbons (Fsp3) is 0.917. The van der Waals surface area contributed by atoms with Gasteiger partial charge in [-0.25, -0.2) is 0 Å². The van der Waals surface area contributed by atoms with Gasteiger partial charge in [0, 0.05) is 25.7 Å². The van der Waals surface area contributed by atoms with E-state index in [4.69, 9.17) is 10.0 Å². The second-order valence-corrected chi connectivity index (χ2v) is 5.72. The predicted molar refractivity (Wildman–Crippen MR) is 71.7 cm³/mol. The molecule has 6 nitrogen and oxygen atoms in total. The summed E-state index contributed by atoms with van der Waals surface area (Å²) >= 11 is 0. The first-order valence-corrected chi connectivity index (χ1v) is 7.11. The van der Waals surface area contributed by atoms with Gasteiger partial charge in [-0.05, 0) is 31.6 Å². The van der Waals surface area contributed by atoms with Crippen molar-refractivity contribution in [3.63, 3.8) is 0 Å². The zero-order valence-corrected chi connectivity index (χ0v) is 11.2. The lowest BCUT2D eigenvalue weighted by atomic mass is 9.80. The van der Waals surface area contributed by atoms with Crippen LogP contribution in [0.3, 0.4) is 0 Å². The normalized spacial score (nSPS) is 31.8. The number of rotatable bonds is 6. The molecule has 2 rings (SSSR count). The Morgan fingerprint density at radius 3 is 2.74 bits per heavy atom. The van der Waals surface area contributed by atoms with Gasteiger partial charge in [-0.1, -0.05) is 6.42 Å². The molecular weight excluding hydrogens is 247 g/mol. The highest BCUT2D eigenvalue weighted by atomic mass is 16.4. The Morgan fingerprint density at radius 1 is 1.37 bits per heavy atom. The fourth-order valence-corrected chi connectivity index (χ4v) is 3.29. The Hall–Kier alpha value is -0.625. The average molecular weight is 270 g/mol. The van der Waals surface area contributed by atoms with Crippen LogP contribution in [0.4, 0.5) is 0 Å². The number of hydrogen-bond donors (Lipinski definition) is 4. The molecule has 0 aromatic carbocycles. The second-order valence-electron chi connectivity index (χ2n) is 5.72. The highest BCUT2D eigenvalue weighted by Gasteiger charge is 2.40. The molecule has 0 aromatic heterocycles. The van der Waals surface area contributed by atoms with Crippen molar-refractivity contribution >= 4 is 13.1 Å². The van der Waals surface area contributed by atoms with Crippen LogP contribution in [0.2, 0.25) is 6.32 Å². The number of carboxylic acids is 1. The molecule has 7 heteroatoms. The third-order valence-electron chi connectivity index (χ3n) is 4.37. The summed E-state index contributed by atoms with van der Waals surface area (Å²) in [5.74, 6) is -0.892. The van der Waals surface area contributed by atoms with Crippen LogP contribution in [0.1, 0.15) is 19.3 Å². The molecule has 108 valence electrons. The van der Waals surface area contributed by atoms with Crippen LogP contribution in [-0.4, -0.2) is 65.4 Å². The monoisotopic (exact) mass is 270 g/mol. The summed E-state index contributed by atoms with van der Waals surface area (Å²) in [6.07, 6.45) is 2.84. The molecule has 0 amide bonds. The third kappa shape index (κ3) is 3.92. The summed E-state index contributed by atoms with van der Waals surface area (Å²) < 4.78 is 0. The SMILES string of the molecule is O=C(O)[C@@H]1CN(C2CCNC2)C[C@@H]1CCCB(O)O. The van der Waals surface area contributed by atoms with Gasteiger partial charge >= 0.3 is 13.1 Å². The van der Waals surface area contributed by atoms with Crippen molar-refractivity contribution in [3.8, 4) is 0 Å². The summed E-state index contributed by atoms with van der Waals surface area (Å²) in [5, 5.41) is 30.3. The van der Waals surface area contributed by atoms with Gasteiger partial charge in [0.1, 0.15) is 0 Å². The lowest BCUT2D eigenvalue weighted by Gasteiger charge is -2.22. The van der Waals surface area contributed by atoms with Gasteiger partial charge in [0.05, 0.1) is 5.92 Å². The van der Waals surface area contributed by atoms with E-state index in [9.17, 15) is 9.90 Å². The first kappa shape index (κ1) is 14.8. The zero-order valence-electron chi connectivity index (χ0n) is 11.2. The van der Waals surface area contributed by atoms with E-state index in [0.29, 0.717) is 25.3 Å². The highest BCUT2D eigenvalue weighted by Crippen LogP contribution is 2.30. The number of carbonyl (C=O) groups is 1. The summed E-state index contributed by atoms with van der Waals surface area (Å²) in [6, 6.07) is 0.468. The maximum atomic E-state index is 11.3. The molecule has 0 spiro atoms. The lowest BCUT2D eigenvalue weighted by molar-refractivity contribution is -0.142. The fourth-order valence-electron chi connectivity index (χ4n) is 3.29. The molecule has 2 fully saturated rings. The maximum Gasteiger partial charge on any atom is 0.451 e. The van der Waals surface area contributed by atoms with Crippen LogP contribution in [0.5, 0.6) is 0 Å². The Balaban J connectivity index is 1.86. The first-order valence-electron chi connectivity index (χ1n) is 7.11. The van der Waals surface area contributed by atoms with Gasteiger partial charge < -0.3 is 20.5 Å². The number of likely N-dealkylation sites (tertiary alicyclic amines) is 1. The molecule has 2 saturated heterocycles. The lowest BCUT2D eigenvalue weighted by Crippen LogP contribution is -2.35. The Morgan fingerprint density at radius 2 is 2.16 bits per heavy atom. The van der Waals surface area contributed by atoms with Crippen LogP contribution in [0.15, 0.2) is 0 Å². The minimum atomic E-state index is -1.28. The summed E-state index contributed by atoms with van der Waals surface area (Å²) in [5.41, 5.74) is 0. The molecule has 0 aromatic rings. The van der Waals surface area contributed by atoms with Crippen molar-refractivity contribution < 1.29 is 19.9 Å². The molecule has 0 radical (unpaired) electrons. The quantitative estimate of drug-likeness (QED) is 0.474. The highest BCUT2D eigenvalue weighted by molar-refractivity contribution is 6.40. The number of nitrogens with zero attached hydrogens (tertiary/aromatic N) is 1. The maximum absolute atomic E-state index is 11.3. The van der Waals surface area contributed by atoms with Crippen LogP contribution in [0.25, 0.3) is 0 Å². The van der Waals surface area contributed by atoms with Crippen molar-refractivity contribution in [3.05, 3.63) is 0 Å². The summed E-state index contributed by atoms with van der Waals surface area (Å²) in [7, 11) is -1.28. The third-order valence-corrected chi connectivity index (χ3v) is 4.37. The van der Waals surface area contributed by atoms with E-state index in [2.05, 4.69) is 10.2 Å². The van der Waals surface area contributed by atoms with Gasteiger partial charge in [0.25, 0.3) is 0 Å². The van der Waals surface area contributed by atoms with E-state index in [0.717, 1.165) is 32.5 Å². The van der Waals surface area contributed by atoms with Crippen molar-refractivity contribution in [2.24, 2.45) is 11.8 Å². The topological polar surface area (TPSA) is 93.0 Å². The molecule has 0 bridgehead atoms. The standard InChI is InChI=1S/C12H23BN2O4/c16-12(17)11-8-15(10-3-5-14-6-10)7-9(11)2-1-4-13(18)19/h9-11,14,18-19H,1-8H2,(H,16,17)/t9-,10?,11+/m0/s1.